The van der Waals surface area contributed by atoms with Crippen LogP contribution in [0.15, 0.2) is 47.1 Å². The van der Waals surface area contributed by atoms with E-state index >= 15 is 0 Å². The summed E-state index contributed by atoms with van der Waals surface area (Å²) in [7, 11) is 0. The molecule has 0 aliphatic carbocycles. The second kappa shape index (κ2) is 4.55. The topological polar surface area (TPSA) is 38.9 Å². The SMILES string of the molecule is NCc1ccc(-c2ccccc2Br)nc1. The molecule has 0 unspecified atom stereocenters. The van der Waals surface area contributed by atoms with Crippen molar-refractivity contribution in [3.05, 3.63) is 52.6 Å². The van der Waals surface area contributed by atoms with Crippen LogP contribution in [-0.2, 0) is 6.54 Å². The first kappa shape index (κ1) is 10.3. The van der Waals surface area contributed by atoms with Gasteiger partial charge in [-0.25, -0.2) is 0 Å². The molecule has 0 spiro atoms. The van der Waals surface area contributed by atoms with Crippen molar-refractivity contribution >= 4 is 15.9 Å². The van der Waals surface area contributed by atoms with Gasteiger partial charge in [0.25, 0.3) is 0 Å². The van der Waals surface area contributed by atoms with Gasteiger partial charge in [-0.05, 0) is 17.7 Å². The maximum atomic E-state index is 5.52. The number of hydrogen-bond donors (Lipinski definition) is 1. The molecule has 1 aromatic carbocycles. The normalized spacial score (nSPS) is 10.3. The van der Waals surface area contributed by atoms with E-state index in [4.69, 9.17) is 5.73 Å². The predicted molar refractivity (Wildman–Crippen MR) is 65.3 cm³/mol. The molecule has 0 atom stereocenters. The lowest BCUT2D eigenvalue weighted by Gasteiger charge is -2.04. The van der Waals surface area contributed by atoms with Gasteiger partial charge in [-0.2, -0.15) is 0 Å². The molecule has 1 aromatic heterocycles. The average molecular weight is 263 g/mol. The van der Waals surface area contributed by atoms with Gasteiger partial charge in [0, 0.05) is 22.8 Å². The number of nitrogens with zero attached hydrogens (tertiary/aromatic N) is 1. The Bertz CT molecular complexity index is 451. The zero-order chi connectivity index (χ0) is 10.7. The molecule has 15 heavy (non-hydrogen) atoms. The molecule has 0 aliphatic heterocycles. The van der Waals surface area contributed by atoms with Crippen molar-refractivity contribution in [1.29, 1.82) is 0 Å². The Hall–Kier alpha value is -1.19. The summed E-state index contributed by atoms with van der Waals surface area (Å²) in [6, 6.07) is 12.0. The maximum Gasteiger partial charge on any atom is 0.0713 e. The van der Waals surface area contributed by atoms with Crippen LogP contribution in [-0.4, -0.2) is 4.98 Å². The monoisotopic (exact) mass is 262 g/mol. The lowest BCUT2D eigenvalue weighted by atomic mass is 10.1. The van der Waals surface area contributed by atoms with Crippen LogP contribution in [0, 0.1) is 0 Å². The molecule has 2 N–H and O–H groups in total. The van der Waals surface area contributed by atoms with Crippen LogP contribution in [0.1, 0.15) is 5.56 Å². The van der Waals surface area contributed by atoms with Crippen LogP contribution in [0.4, 0.5) is 0 Å². The van der Waals surface area contributed by atoms with Gasteiger partial charge in [-0.15, -0.1) is 0 Å². The second-order valence-electron chi connectivity index (χ2n) is 3.24. The van der Waals surface area contributed by atoms with Gasteiger partial charge in [0.2, 0.25) is 0 Å². The fraction of sp³-hybridized carbons (Fsp3) is 0.0833. The zero-order valence-corrected chi connectivity index (χ0v) is 9.74. The summed E-state index contributed by atoms with van der Waals surface area (Å²) in [5.74, 6) is 0. The molecule has 0 fully saturated rings. The molecule has 1 heterocycles. The molecule has 0 bridgehead atoms. The Labute approximate surface area is 97.3 Å². The van der Waals surface area contributed by atoms with E-state index in [-0.39, 0.29) is 0 Å². The molecule has 0 aliphatic rings. The first-order valence-corrected chi connectivity index (χ1v) is 5.50. The lowest BCUT2D eigenvalue weighted by Crippen LogP contribution is -1.96. The van der Waals surface area contributed by atoms with Crippen LogP contribution >= 0.6 is 15.9 Å². The third-order valence-corrected chi connectivity index (χ3v) is 2.90. The number of nitrogens with two attached hydrogens (primary N) is 1. The Balaban J connectivity index is 2.42. The summed E-state index contributed by atoms with van der Waals surface area (Å²) in [6.45, 7) is 0.531. The molecule has 0 saturated heterocycles. The van der Waals surface area contributed by atoms with E-state index in [1.807, 2.05) is 42.6 Å². The fourth-order valence-corrected chi connectivity index (χ4v) is 1.86. The number of halogens is 1. The van der Waals surface area contributed by atoms with Crippen molar-refractivity contribution in [2.24, 2.45) is 5.73 Å². The van der Waals surface area contributed by atoms with Crippen molar-refractivity contribution in [3.63, 3.8) is 0 Å². The second-order valence-corrected chi connectivity index (χ2v) is 4.09. The molecule has 2 aromatic rings. The fourth-order valence-electron chi connectivity index (χ4n) is 1.37. The average Bonchev–Trinajstić information content (AvgIpc) is 2.30. The van der Waals surface area contributed by atoms with E-state index in [2.05, 4.69) is 20.9 Å². The van der Waals surface area contributed by atoms with E-state index in [1.165, 1.54) is 0 Å². The van der Waals surface area contributed by atoms with Gasteiger partial charge in [0.1, 0.15) is 0 Å². The molecule has 0 saturated carbocycles. The van der Waals surface area contributed by atoms with Crippen molar-refractivity contribution in [1.82, 2.24) is 4.98 Å². The van der Waals surface area contributed by atoms with Gasteiger partial charge in [0.15, 0.2) is 0 Å². The number of pyridine rings is 1. The van der Waals surface area contributed by atoms with Crippen LogP contribution < -0.4 is 5.73 Å². The minimum atomic E-state index is 0.531. The van der Waals surface area contributed by atoms with Crippen LogP contribution in [0.3, 0.4) is 0 Å². The quantitative estimate of drug-likeness (QED) is 0.904. The third-order valence-electron chi connectivity index (χ3n) is 2.21. The van der Waals surface area contributed by atoms with Crippen LogP contribution in [0.2, 0.25) is 0 Å². The molecule has 0 radical (unpaired) electrons. The van der Waals surface area contributed by atoms with E-state index in [1.54, 1.807) is 0 Å². The van der Waals surface area contributed by atoms with Gasteiger partial charge in [-0.3, -0.25) is 4.98 Å². The first-order chi connectivity index (χ1) is 7.31. The number of aromatic nitrogens is 1. The first-order valence-electron chi connectivity index (χ1n) is 4.71. The smallest absolute Gasteiger partial charge is 0.0713 e. The summed E-state index contributed by atoms with van der Waals surface area (Å²) in [4.78, 5) is 4.37. The third kappa shape index (κ3) is 2.25. The largest absolute Gasteiger partial charge is 0.326 e. The Morgan fingerprint density at radius 2 is 1.93 bits per heavy atom. The van der Waals surface area contributed by atoms with Gasteiger partial charge >= 0.3 is 0 Å². The highest BCUT2D eigenvalue weighted by molar-refractivity contribution is 9.10. The molecule has 2 nitrogen and oxygen atoms in total. The summed E-state index contributed by atoms with van der Waals surface area (Å²) >= 11 is 3.50. The Morgan fingerprint density at radius 1 is 1.13 bits per heavy atom. The summed E-state index contributed by atoms with van der Waals surface area (Å²) in [5.41, 5.74) is 8.62. The Kier molecular flexibility index (Phi) is 3.14. The summed E-state index contributed by atoms with van der Waals surface area (Å²) < 4.78 is 1.05. The van der Waals surface area contributed by atoms with Gasteiger partial charge < -0.3 is 5.73 Å². The minimum Gasteiger partial charge on any atom is -0.326 e. The number of benzene rings is 1. The van der Waals surface area contributed by atoms with Crippen LogP contribution in [0.25, 0.3) is 11.3 Å². The van der Waals surface area contributed by atoms with Crippen molar-refractivity contribution in [2.45, 2.75) is 6.54 Å². The summed E-state index contributed by atoms with van der Waals surface area (Å²) in [6.07, 6.45) is 1.81. The molecular formula is C12H11BrN2. The lowest BCUT2D eigenvalue weighted by molar-refractivity contribution is 1.05. The highest BCUT2D eigenvalue weighted by atomic mass is 79.9. The zero-order valence-electron chi connectivity index (χ0n) is 8.15. The van der Waals surface area contributed by atoms with E-state index in [0.29, 0.717) is 6.54 Å². The van der Waals surface area contributed by atoms with Gasteiger partial charge in [0.05, 0.1) is 5.69 Å². The van der Waals surface area contributed by atoms with Gasteiger partial charge in [-0.1, -0.05) is 40.2 Å². The highest BCUT2D eigenvalue weighted by Crippen LogP contribution is 2.25. The number of hydrogen-bond acceptors (Lipinski definition) is 2. The van der Waals surface area contributed by atoms with Crippen molar-refractivity contribution < 1.29 is 0 Å². The van der Waals surface area contributed by atoms with E-state index < -0.39 is 0 Å². The molecule has 0 amide bonds. The standard InChI is InChI=1S/C12H11BrN2/c13-11-4-2-1-3-10(11)12-6-5-9(7-14)8-15-12/h1-6,8H,7,14H2. The molecule has 76 valence electrons. The van der Waals surface area contributed by atoms with E-state index in [9.17, 15) is 0 Å². The maximum absolute atomic E-state index is 5.52. The van der Waals surface area contributed by atoms with Crippen molar-refractivity contribution in [3.8, 4) is 11.3 Å². The minimum absolute atomic E-state index is 0.531. The molecular weight excluding hydrogens is 252 g/mol. The summed E-state index contributed by atoms with van der Waals surface area (Å²) in [5, 5.41) is 0. The Morgan fingerprint density at radius 3 is 2.53 bits per heavy atom. The van der Waals surface area contributed by atoms with Crippen LogP contribution in [0.5, 0.6) is 0 Å². The van der Waals surface area contributed by atoms with E-state index in [0.717, 1.165) is 21.3 Å². The molecule has 2 rings (SSSR count). The van der Waals surface area contributed by atoms with Crippen molar-refractivity contribution in [2.75, 3.05) is 0 Å². The highest BCUT2D eigenvalue weighted by Gasteiger charge is 2.02. The predicted octanol–water partition coefficient (Wildman–Crippen LogP) is 2.97. The molecule has 3 heteroatoms. The number of rotatable bonds is 2.